The van der Waals surface area contributed by atoms with E-state index in [1.165, 1.54) is 5.56 Å². The van der Waals surface area contributed by atoms with E-state index in [2.05, 4.69) is 52.6 Å². The molecule has 4 heteroatoms. The normalized spacial score (nSPS) is 27.3. The van der Waals surface area contributed by atoms with Gasteiger partial charge in [0, 0.05) is 38.9 Å². The molecule has 1 spiro atoms. The Bertz CT molecular complexity index is 492. The molecule has 2 fully saturated rings. The second kappa shape index (κ2) is 6.06. The number of hydrogen-bond acceptors (Lipinski definition) is 3. The van der Waals surface area contributed by atoms with Crippen molar-refractivity contribution in [2.24, 2.45) is 4.99 Å². The Balaban J connectivity index is 1.84. The minimum Gasteiger partial charge on any atom is -0.458 e. The van der Waals surface area contributed by atoms with Gasteiger partial charge in [-0.15, -0.1) is 0 Å². The SMILES string of the molecule is CCN=C1NC(c2ccccc2)CC2(CCN(C)CC2)O1. The zero-order valence-corrected chi connectivity index (χ0v) is 13.0. The maximum atomic E-state index is 6.27. The van der Waals surface area contributed by atoms with Crippen molar-refractivity contribution in [1.29, 1.82) is 0 Å². The zero-order valence-electron chi connectivity index (χ0n) is 13.0. The topological polar surface area (TPSA) is 36.9 Å². The highest BCUT2D eigenvalue weighted by atomic mass is 16.5. The average Bonchev–Trinajstić information content (AvgIpc) is 2.52. The number of amidine groups is 1. The van der Waals surface area contributed by atoms with Crippen LogP contribution in [0.1, 0.15) is 37.8 Å². The molecule has 4 nitrogen and oxygen atoms in total. The monoisotopic (exact) mass is 287 g/mol. The van der Waals surface area contributed by atoms with Crippen molar-refractivity contribution in [3.63, 3.8) is 0 Å². The molecule has 0 aliphatic carbocycles. The molecular formula is C17H25N3O. The third-order valence-electron chi connectivity index (χ3n) is 4.59. The van der Waals surface area contributed by atoms with Crippen molar-refractivity contribution in [3.05, 3.63) is 35.9 Å². The van der Waals surface area contributed by atoms with E-state index in [0.29, 0.717) is 6.04 Å². The number of rotatable bonds is 2. The van der Waals surface area contributed by atoms with Crippen LogP contribution in [0.25, 0.3) is 0 Å². The molecular weight excluding hydrogens is 262 g/mol. The van der Waals surface area contributed by atoms with E-state index in [0.717, 1.165) is 44.9 Å². The minimum atomic E-state index is -0.0493. The van der Waals surface area contributed by atoms with Crippen LogP contribution < -0.4 is 5.32 Å². The summed E-state index contributed by atoms with van der Waals surface area (Å²) in [7, 11) is 2.18. The molecule has 21 heavy (non-hydrogen) atoms. The minimum absolute atomic E-state index is 0.0493. The number of nitrogens with zero attached hydrogens (tertiary/aromatic N) is 2. The molecule has 2 heterocycles. The van der Waals surface area contributed by atoms with E-state index in [-0.39, 0.29) is 5.60 Å². The summed E-state index contributed by atoms with van der Waals surface area (Å²) in [5.41, 5.74) is 1.27. The van der Waals surface area contributed by atoms with Crippen molar-refractivity contribution in [3.8, 4) is 0 Å². The van der Waals surface area contributed by atoms with Crippen LogP contribution in [0.15, 0.2) is 35.3 Å². The predicted molar refractivity (Wildman–Crippen MR) is 85.5 cm³/mol. The van der Waals surface area contributed by atoms with Crippen LogP contribution in [0.4, 0.5) is 0 Å². The quantitative estimate of drug-likeness (QED) is 0.908. The lowest BCUT2D eigenvalue weighted by molar-refractivity contribution is -0.0376. The fraction of sp³-hybridized carbons (Fsp3) is 0.588. The first kappa shape index (κ1) is 14.4. The standard InChI is InChI=1S/C17H25N3O/c1-3-18-16-19-15(14-7-5-4-6-8-14)13-17(21-16)9-11-20(2)12-10-17/h4-8,15H,3,9-13H2,1-2H3,(H,18,19). The lowest BCUT2D eigenvalue weighted by Gasteiger charge is -2.46. The molecule has 0 radical (unpaired) electrons. The van der Waals surface area contributed by atoms with Crippen LogP contribution in [0.3, 0.4) is 0 Å². The van der Waals surface area contributed by atoms with Gasteiger partial charge in [-0.25, -0.2) is 4.99 Å². The molecule has 2 saturated heterocycles. The molecule has 1 unspecified atom stereocenters. The first-order chi connectivity index (χ1) is 10.2. The van der Waals surface area contributed by atoms with Crippen LogP contribution >= 0.6 is 0 Å². The molecule has 3 rings (SSSR count). The van der Waals surface area contributed by atoms with Gasteiger partial charge in [0.15, 0.2) is 0 Å². The van der Waals surface area contributed by atoms with Gasteiger partial charge in [-0.1, -0.05) is 30.3 Å². The van der Waals surface area contributed by atoms with Crippen LogP contribution in [0, 0.1) is 0 Å². The lowest BCUT2D eigenvalue weighted by atomic mass is 9.82. The third kappa shape index (κ3) is 3.21. The molecule has 1 atom stereocenters. The Morgan fingerprint density at radius 2 is 2.00 bits per heavy atom. The predicted octanol–water partition coefficient (Wildman–Crippen LogP) is 2.58. The number of aliphatic imine (C=N–C) groups is 1. The molecule has 1 N–H and O–H groups in total. The summed E-state index contributed by atoms with van der Waals surface area (Å²) in [6.07, 6.45) is 3.18. The molecule has 0 amide bonds. The molecule has 1 aromatic rings. The van der Waals surface area contributed by atoms with Gasteiger partial charge in [0.1, 0.15) is 5.60 Å². The van der Waals surface area contributed by atoms with Gasteiger partial charge in [-0.2, -0.15) is 0 Å². The van der Waals surface area contributed by atoms with E-state index < -0.39 is 0 Å². The molecule has 0 bridgehead atoms. The summed E-state index contributed by atoms with van der Waals surface area (Å²) in [6, 6.07) is 11.7. The number of piperidine rings is 1. The first-order valence-electron chi connectivity index (χ1n) is 7.94. The van der Waals surface area contributed by atoms with Crippen molar-refractivity contribution in [2.45, 2.75) is 37.8 Å². The van der Waals surface area contributed by atoms with Gasteiger partial charge >= 0.3 is 0 Å². The fourth-order valence-corrected chi connectivity index (χ4v) is 3.29. The second-order valence-electron chi connectivity index (χ2n) is 6.18. The van der Waals surface area contributed by atoms with Crippen LogP contribution in [0.5, 0.6) is 0 Å². The highest BCUT2D eigenvalue weighted by Gasteiger charge is 2.42. The van der Waals surface area contributed by atoms with Crippen molar-refractivity contribution in [2.75, 3.05) is 26.7 Å². The van der Waals surface area contributed by atoms with Crippen molar-refractivity contribution >= 4 is 6.02 Å². The zero-order chi connectivity index (χ0) is 14.7. The Labute approximate surface area is 127 Å². The van der Waals surface area contributed by atoms with Gasteiger partial charge in [-0.05, 0) is 19.5 Å². The largest absolute Gasteiger partial charge is 0.458 e. The average molecular weight is 287 g/mol. The van der Waals surface area contributed by atoms with E-state index in [1.807, 2.05) is 6.92 Å². The van der Waals surface area contributed by atoms with E-state index in [1.54, 1.807) is 0 Å². The van der Waals surface area contributed by atoms with Crippen LogP contribution in [-0.2, 0) is 4.74 Å². The van der Waals surface area contributed by atoms with Gasteiger partial charge in [0.25, 0.3) is 6.02 Å². The highest BCUT2D eigenvalue weighted by molar-refractivity contribution is 5.75. The second-order valence-corrected chi connectivity index (χ2v) is 6.18. The highest BCUT2D eigenvalue weighted by Crippen LogP contribution is 2.38. The fourth-order valence-electron chi connectivity index (χ4n) is 3.29. The molecule has 0 saturated carbocycles. The molecule has 2 aliphatic heterocycles. The van der Waals surface area contributed by atoms with E-state index in [9.17, 15) is 0 Å². The summed E-state index contributed by atoms with van der Waals surface area (Å²) < 4.78 is 6.27. The molecule has 1 aromatic carbocycles. The maximum Gasteiger partial charge on any atom is 0.285 e. The van der Waals surface area contributed by atoms with Crippen LogP contribution in [0.2, 0.25) is 0 Å². The number of ether oxygens (including phenoxy) is 1. The summed E-state index contributed by atoms with van der Waals surface area (Å²) >= 11 is 0. The van der Waals surface area contributed by atoms with Gasteiger partial charge in [0.2, 0.25) is 0 Å². The summed E-state index contributed by atoms with van der Waals surface area (Å²) in [5.74, 6) is 0. The number of hydrogen-bond donors (Lipinski definition) is 1. The Kier molecular flexibility index (Phi) is 4.15. The summed E-state index contributed by atoms with van der Waals surface area (Å²) in [4.78, 5) is 6.88. The number of nitrogens with one attached hydrogen (secondary N) is 1. The Morgan fingerprint density at radius 3 is 2.67 bits per heavy atom. The summed E-state index contributed by atoms with van der Waals surface area (Å²) in [5, 5.41) is 3.47. The van der Waals surface area contributed by atoms with Gasteiger partial charge in [0.05, 0.1) is 6.04 Å². The van der Waals surface area contributed by atoms with E-state index >= 15 is 0 Å². The number of likely N-dealkylation sites (tertiary alicyclic amines) is 1. The Morgan fingerprint density at radius 1 is 1.29 bits per heavy atom. The van der Waals surface area contributed by atoms with Gasteiger partial charge in [-0.3, -0.25) is 0 Å². The molecule has 2 aliphatic rings. The van der Waals surface area contributed by atoms with Crippen molar-refractivity contribution in [1.82, 2.24) is 10.2 Å². The third-order valence-corrected chi connectivity index (χ3v) is 4.59. The maximum absolute atomic E-state index is 6.27. The first-order valence-corrected chi connectivity index (χ1v) is 7.94. The number of benzene rings is 1. The van der Waals surface area contributed by atoms with Gasteiger partial charge < -0.3 is 15.0 Å². The Hall–Kier alpha value is -1.55. The molecule has 114 valence electrons. The summed E-state index contributed by atoms with van der Waals surface area (Å²) in [6.45, 7) is 4.99. The van der Waals surface area contributed by atoms with E-state index in [4.69, 9.17) is 4.74 Å². The lowest BCUT2D eigenvalue weighted by Crippen LogP contribution is -2.54. The van der Waals surface area contributed by atoms with Crippen LogP contribution in [-0.4, -0.2) is 43.2 Å². The smallest absolute Gasteiger partial charge is 0.285 e. The van der Waals surface area contributed by atoms with Crippen molar-refractivity contribution < 1.29 is 4.74 Å². The molecule has 0 aromatic heterocycles.